The van der Waals surface area contributed by atoms with Crippen LogP contribution in [0.15, 0.2) is 73.6 Å². The first-order valence-electron chi connectivity index (χ1n) is 6.05. The van der Waals surface area contributed by atoms with Crippen molar-refractivity contribution in [3.8, 4) is 6.07 Å². The van der Waals surface area contributed by atoms with E-state index >= 15 is 0 Å². The molecule has 1 rings (SSSR count). The Balaban J connectivity index is 0.000000400. The smallest absolute Gasteiger partial charge is 0.373 e. The van der Waals surface area contributed by atoms with E-state index in [9.17, 15) is 4.79 Å². The maximum Gasteiger partial charge on any atom is 0.373 e. The van der Waals surface area contributed by atoms with E-state index in [0.29, 0.717) is 0 Å². The molecule has 0 aliphatic heterocycles. The van der Waals surface area contributed by atoms with E-state index in [1.54, 1.807) is 6.08 Å². The average Bonchev–Trinajstić information content (AvgIpc) is 2.51. The van der Waals surface area contributed by atoms with Crippen LogP contribution in [0.1, 0.15) is 5.56 Å². The van der Waals surface area contributed by atoms with Gasteiger partial charge in [0.2, 0.25) is 0 Å². The number of hydrogen-bond donors (Lipinski definition) is 1. The van der Waals surface area contributed by atoms with Crippen molar-refractivity contribution in [3.63, 3.8) is 0 Å². The van der Waals surface area contributed by atoms with E-state index in [0.717, 1.165) is 5.56 Å². The van der Waals surface area contributed by atoms with Crippen molar-refractivity contribution >= 4 is 12.0 Å². The summed E-state index contributed by atoms with van der Waals surface area (Å²) in [5.41, 5.74) is 1.14. The first-order chi connectivity index (χ1) is 10.1. The van der Waals surface area contributed by atoms with Gasteiger partial charge in [0.15, 0.2) is 5.76 Å². The molecule has 108 valence electrons. The molecule has 0 fully saturated rings. The molecule has 4 nitrogen and oxygen atoms in total. The molecular weight excluding hydrogens is 266 g/mol. The van der Waals surface area contributed by atoms with Gasteiger partial charge in [0, 0.05) is 6.08 Å². The van der Waals surface area contributed by atoms with Crippen LogP contribution in [-0.2, 0) is 9.53 Å². The zero-order valence-electron chi connectivity index (χ0n) is 11.6. The van der Waals surface area contributed by atoms with Crippen LogP contribution in [0.25, 0.3) is 6.08 Å². The van der Waals surface area contributed by atoms with Gasteiger partial charge in [-0.25, -0.2) is 4.79 Å². The van der Waals surface area contributed by atoms with E-state index in [4.69, 9.17) is 10.4 Å². The van der Waals surface area contributed by atoms with Gasteiger partial charge in [-0.3, -0.25) is 0 Å². The molecular formula is C17H17NO3. The average molecular weight is 283 g/mol. The Labute approximate surface area is 124 Å². The molecule has 0 saturated heterocycles. The number of hydrogen-bond acceptors (Lipinski definition) is 4. The van der Waals surface area contributed by atoms with E-state index in [1.165, 1.54) is 12.2 Å². The van der Waals surface area contributed by atoms with Crippen LogP contribution >= 0.6 is 0 Å². The number of nitrogens with zero attached hydrogens (tertiary/aromatic N) is 1. The number of benzene rings is 1. The van der Waals surface area contributed by atoms with E-state index in [2.05, 4.69) is 17.9 Å². The van der Waals surface area contributed by atoms with Crippen molar-refractivity contribution in [2.45, 2.75) is 0 Å². The summed E-state index contributed by atoms with van der Waals surface area (Å²) in [7, 11) is 0. The van der Waals surface area contributed by atoms with Crippen LogP contribution in [0.3, 0.4) is 0 Å². The first-order valence-corrected chi connectivity index (χ1v) is 6.05. The molecule has 0 spiro atoms. The fourth-order valence-electron chi connectivity index (χ4n) is 1.05. The molecule has 0 unspecified atom stereocenters. The Morgan fingerprint density at radius 2 is 2.00 bits per heavy atom. The molecule has 4 heteroatoms. The summed E-state index contributed by atoms with van der Waals surface area (Å²) >= 11 is 0. The highest BCUT2D eigenvalue weighted by molar-refractivity contribution is 5.84. The Morgan fingerprint density at radius 3 is 2.52 bits per heavy atom. The second kappa shape index (κ2) is 12.0. The number of aliphatic hydroxyl groups is 1. The molecule has 0 bridgehead atoms. The van der Waals surface area contributed by atoms with Gasteiger partial charge in [-0.15, -0.1) is 0 Å². The first kappa shape index (κ1) is 17.9. The third kappa shape index (κ3) is 10.5. The maximum absolute atomic E-state index is 10.3. The number of rotatable bonds is 5. The predicted molar refractivity (Wildman–Crippen MR) is 83.2 cm³/mol. The zero-order chi connectivity index (χ0) is 15.9. The van der Waals surface area contributed by atoms with Gasteiger partial charge in [-0.1, -0.05) is 61.2 Å². The normalized spacial score (nSPS) is 9.48. The molecule has 0 radical (unpaired) electrons. The molecule has 0 atom stereocenters. The predicted octanol–water partition coefficient (Wildman–Crippen LogP) is 3.57. The van der Waals surface area contributed by atoms with Gasteiger partial charge in [-0.2, -0.15) is 5.26 Å². The quantitative estimate of drug-likeness (QED) is 0.224. The Bertz CT molecular complexity index is 551. The van der Waals surface area contributed by atoms with Gasteiger partial charge in [-0.05, 0) is 12.1 Å². The highest BCUT2D eigenvalue weighted by Gasteiger charge is 2.02. The van der Waals surface area contributed by atoms with Gasteiger partial charge in [0.05, 0.1) is 6.07 Å². The Kier molecular flexibility index (Phi) is 10.3. The van der Waals surface area contributed by atoms with Crippen molar-refractivity contribution in [1.82, 2.24) is 0 Å². The molecule has 1 aromatic rings. The van der Waals surface area contributed by atoms with Crippen LogP contribution in [0.2, 0.25) is 0 Å². The Morgan fingerprint density at radius 1 is 1.33 bits per heavy atom. The minimum atomic E-state index is -0.810. The fraction of sp³-hybridized carbons (Fsp3) is 0.0588. The molecule has 0 aliphatic carbocycles. The fourth-order valence-corrected chi connectivity index (χ4v) is 1.05. The number of aliphatic hydroxyl groups excluding tert-OH is 1. The van der Waals surface area contributed by atoms with E-state index in [1.807, 2.05) is 48.6 Å². The van der Waals surface area contributed by atoms with Crippen LogP contribution in [-0.4, -0.2) is 17.7 Å². The number of ether oxygens (including phenoxy) is 1. The second-order valence-electron chi connectivity index (χ2n) is 3.59. The SMILES string of the molecule is C=CCOC(=O)C(=C)O.N#CC=CC=Cc1ccccc1. The third-order valence-corrected chi connectivity index (χ3v) is 1.94. The molecule has 0 aliphatic rings. The molecule has 1 N–H and O–H groups in total. The molecule has 21 heavy (non-hydrogen) atoms. The van der Waals surface area contributed by atoms with Crippen molar-refractivity contribution in [2.24, 2.45) is 0 Å². The molecule has 1 aromatic carbocycles. The van der Waals surface area contributed by atoms with Gasteiger partial charge < -0.3 is 9.84 Å². The summed E-state index contributed by atoms with van der Waals surface area (Å²) in [4.78, 5) is 10.3. The van der Waals surface area contributed by atoms with E-state index < -0.39 is 11.7 Å². The summed E-state index contributed by atoms with van der Waals surface area (Å²) in [6.07, 6.45) is 8.36. The highest BCUT2D eigenvalue weighted by atomic mass is 16.5. The van der Waals surface area contributed by atoms with Crippen molar-refractivity contribution < 1.29 is 14.6 Å². The summed E-state index contributed by atoms with van der Waals surface area (Å²) < 4.78 is 4.35. The summed E-state index contributed by atoms with van der Waals surface area (Å²) in [5, 5.41) is 16.5. The lowest BCUT2D eigenvalue weighted by molar-refractivity contribution is -0.140. The third-order valence-electron chi connectivity index (χ3n) is 1.94. The number of allylic oxidation sites excluding steroid dienone is 3. The molecule has 0 aromatic heterocycles. The lowest BCUT2D eigenvalue weighted by atomic mass is 10.2. The maximum atomic E-state index is 10.3. The zero-order valence-corrected chi connectivity index (χ0v) is 11.6. The van der Waals surface area contributed by atoms with Gasteiger partial charge in [0.1, 0.15) is 6.61 Å². The summed E-state index contributed by atoms with van der Waals surface area (Å²) in [6.45, 7) is 6.35. The molecule has 0 amide bonds. The number of carbonyl (C=O) groups excluding carboxylic acids is 1. The minimum absolute atomic E-state index is 0.0956. The van der Waals surface area contributed by atoms with Crippen LogP contribution in [0.5, 0.6) is 0 Å². The van der Waals surface area contributed by atoms with Crippen molar-refractivity contribution in [3.05, 3.63) is 79.1 Å². The van der Waals surface area contributed by atoms with Crippen LogP contribution in [0.4, 0.5) is 0 Å². The topological polar surface area (TPSA) is 70.3 Å². The lowest BCUT2D eigenvalue weighted by Crippen LogP contribution is -2.05. The number of nitriles is 1. The highest BCUT2D eigenvalue weighted by Crippen LogP contribution is 2.00. The van der Waals surface area contributed by atoms with Crippen LogP contribution < -0.4 is 0 Å². The van der Waals surface area contributed by atoms with Crippen molar-refractivity contribution in [1.29, 1.82) is 5.26 Å². The Hall–Kier alpha value is -3.06. The lowest BCUT2D eigenvalue weighted by Gasteiger charge is -1.96. The standard InChI is InChI=1S/C11H9N.C6H8O3/c12-10-6-2-5-9-11-7-3-1-4-8-11;1-3-4-9-6(8)5(2)7/h1-9H;3,7H,1-2,4H2. The number of carbonyl (C=O) groups is 1. The van der Waals surface area contributed by atoms with Gasteiger partial charge in [0.25, 0.3) is 0 Å². The molecule has 0 heterocycles. The van der Waals surface area contributed by atoms with Crippen LogP contribution in [0, 0.1) is 11.3 Å². The second-order valence-corrected chi connectivity index (χ2v) is 3.59. The minimum Gasteiger partial charge on any atom is -0.502 e. The number of esters is 1. The summed E-state index contributed by atoms with van der Waals surface area (Å²) in [6, 6.07) is 11.9. The molecule has 0 saturated carbocycles. The monoisotopic (exact) mass is 283 g/mol. The summed E-state index contributed by atoms with van der Waals surface area (Å²) in [5.74, 6) is -1.40. The largest absolute Gasteiger partial charge is 0.502 e. The van der Waals surface area contributed by atoms with Gasteiger partial charge >= 0.3 is 5.97 Å². The van der Waals surface area contributed by atoms with Crippen molar-refractivity contribution in [2.75, 3.05) is 6.61 Å². The van der Waals surface area contributed by atoms with E-state index in [-0.39, 0.29) is 6.61 Å².